The maximum absolute atomic E-state index is 12.9. The van der Waals surface area contributed by atoms with Gasteiger partial charge in [0.1, 0.15) is 11.5 Å². The number of nitrogens with zero attached hydrogens (tertiary/aromatic N) is 5. The fourth-order valence-electron chi connectivity index (χ4n) is 3.79. The molecule has 0 aliphatic rings. The first-order valence-corrected chi connectivity index (χ1v) is 11.1. The Morgan fingerprint density at radius 2 is 1.71 bits per heavy atom. The van der Waals surface area contributed by atoms with Gasteiger partial charge in [-0.1, -0.05) is 37.3 Å². The van der Waals surface area contributed by atoms with Gasteiger partial charge in [-0.25, -0.2) is 4.98 Å². The number of anilines is 1. The second kappa shape index (κ2) is 10.4. The van der Waals surface area contributed by atoms with Gasteiger partial charge < -0.3 is 14.7 Å². The molecule has 166 valence electrons. The Hall–Kier alpha value is -2.86. The third-order valence-electron chi connectivity index (χ3n) is 5.64. The lowest BCUT2D eigenvalue weighted by Crippen LogP contribution is -2.33. The first-order valence-electron chi connectivity index (χ1n) is 11.1. The van der Waals surface area contributed by atoms with Gasteiger partial charge in [0.15, 0.2) is 0 Å². The van der Waals surface area contributed by atoms with Crippen LogP contribution in [0.4, 0.5) is 5.82 Å². The summed E-state index contributed by atoms with van der Waals surface area (Å²) in [6.45, 7) is 4.59. The van der Waals surface area contributed by atoms with Crippen LogP contribution in [0, 0.1) is 0 Å². The molecule has 0 bridgehead atoms. The molecule has 31 heavy (non-hydrogen) atoms. The first kappa shape index (κ1) is 22.8. The molecule has 0 aliphatic heterocycles. The average Bonchev–Trinajstić information content (AvgIpc) is 3.15. The third kappa shape index (κ3) is 5.64. The maximum Gasteiger partial charge on any atom is 0.255 e. The molecular formula is C25H35N5O. The number of aromatic nitrogens is 2. The first-order chi connectivity index (χ1) is 14.9. The molecule has 0 N–H and O–H groups in total. The molecule has 1 amide bonds. The van der Waals surface area contributed by atoms with Crippen LogP contribution < -0.4 is 4.90 Å². The number of hydrogen-bond acceptors (Lipinski definition) is 4. The minimum Gasteiger partial charge on any atom is -0.359 e. The van der Waals surface area contributed by atoms with E-state index in [-0.39, 0.29) is 5.91 Å². The Morgan fingerprint density at radius 3 is 2.39 bits per heavy atom. The summed E-state index contributed by atoms with van der Waals surface area (Å²) in [4.78, 5) is 23.9. The van der Waals surface area contributed by atoms with Crippen molar-refractivity contribution in [1.82, 2.24) is 19.2 Å². The number of likely N-dealkylation sites (N-methyl/N-ethyl adjacent to an activating group) is 2. The third-order valence-corrected chi connectivity index (χ3v) is 5.64. The van der Waals surface area contributed by atoms with Crippen LogP contribution >= 0.6 is 0 Å². The normalized spacial score (nSPS) is 11.3. The largest absolute Gasteiger partial charge is 0.359 e. The summed E-state index contributed by atoms with van der Waals surface area (Å²) in [5.41, 5.74) is 3.99. The van der Waals surface area contributed by atoms with Crippen molar-refractivity contribution in [3.63, 3.8) is 0 Å². The number of hydrogen-bond donors (Lipinski definition) is 0. The zero-order chi connectivity index (χ0) is 22.4. The highest BCUT2D eigenvalue weighted by Gasteiger charge is 2.18. The monoisotopic (exact) mass is 421 g/mol. The van der Waals surface area contributed by atoms with E-state index in [0.717, 1.165) is 49.5 Å². The Morgan fingerprint density at radius 1 is 0.968 bits per heavy atom. The van der Waals surface area contributed by atoms with E-state index in [1.54, 1.807) is 4.90 Å². The predicted molar refractivity (Wildman–Crippen MR) is 128 cm³/mol. The summed E-state index contributed by atoms with van der Waals surface area (Å²) in [6, 6.07) is 14.4. The van der Waals surface area contributed by atoms with Gasteiger partial charge in [-0.3, -0.25) is 9.20 Å². The SMILES string of the molecule is CCc1nc2ccc(C(=O)N(C)CCN(C)C)cn2c1N(C)CCCc1ccccc1. The van der Waals surface area contributed by atoms with Crippen LogP contribution in [0.5, 0.6) is 0 Å². The van der Waals surface area contributed by atoms with Crippen LogP contribution in [0.25, 0.3) is 5.65 Å². The van der Waals surface area contributed by atoms with Gasteiger partial charge in [0.25, 0.3) is 5.91 Å². The van der Waals surface area contributed by atoms with Crippen molar-refractivity contribution in [2.75, 3.05) is 52.7 Å². The lowest BCUT2D eigenvalue weighted by molar-refractivity contribution is 0.0786. The van der Waals surface area contributed by atoms with Gasteiger partial charge in [-0.2, -0.15) is 0 Å². The van der Waals surface area contributed by atoms with Crippen molar-refractivity contribution in [3.8, 4) is 0 Å². The Labute approximate surface area is 186 Å². The van der Waals surface area contributed by atoms with E-state index in [1.807, 2.05) is 39.5 Å². The van der Waals surface area contributed by atoms with Gasteiger partial charge >= 0.3 is 0 Å². The lowest BCUT2D eigenvalue weighted by Gasteiger charge is -2.21. The number of benzene rings is 1. The molecule has 6 nitrogen and oxygen atoms in total. The molecule has 3 aromatic rings. The summed E-state index contributed by atoms with van der Waals surface area (Å²) in [6.07, 6.45) is 4.90. The van der Waals surface area contributed by atoms with Crippen molar-refractivity contribution >= 4 is 17.4 Å². The van der Waals surface area contributed by atoms with E-state index in [2.05, 4.69) is 58.5 Å². The minimum absolute atomic E-state index is 0.0354. The summed E-state index contributed by atoms with van der Waals surface area (Å²) in [5, 5.41) is 0. The summed E-state index contributed by atoms with van der Waals surface area (Å²) < 4.78 is 2.08. The molecule has 3 rings (SSSR count). The molecule has 0 atom stereocenters. The van der Waals surface area contributed by atoms with Crippen LogP contribution in [-0.2, 0) is 12.8 Å². The lowest BCUT2D eigenvalue weighted by atomic mass is 10.1. The van der Waals surface area contributed by atoms with E-state index in [1.165, 1.54) is 5.56 Å². The van der Waals surface area contributed by atoms with E-state index >= 15 is 0 Å². The van der Waals surface area contributed by atoms with Crippen molar-refractivity contribution in [2.45, 2.75) is 26.2 Å². The van der Waals surface area contributed by atoms with Gasteiger partial charge in [-0.15, -0.1) is 0 Å². The molecule has 2 aromatic heterocycles. The fraction of sp³-hybridized carbons (Fsp3) is 0.440. The Kier molecular flexibility index (Phi) is 7.69. The summed E-state index contributed by atoms with van der Waals surface area (Å²) >= 11 is 0. The molecular weight excluding hydrogens is 386 g/mol. The van der Waals surface area contributed by atoms with E-state index in [0.29, 0.717) is 12.1 Å². The Balaban J connectivity index is 1.79. The average molecular weight is 422 g/mol. The van der Waals surface area contributed by atoms with Gasteiger partial charge in [-0.05, 0) is 51.1 Å². The molecule has 0 saturated heterocycles. The molecule has 0 radical (unpaired) electrons. The molecule has 1 aromatic carbocycles. The minimum atomic E-state index is 0.0354. The molecule has 0 saturated carbocycles. The summed E-state index contributed by atoms with van der Waals surface area (Å²) in [5.74, 6) is 1.12. The quantitative estimate of drug-likeness (QED) is 0.502. The topological polar surface area (TPSA) is 44.1 Å². The van der Waals surface area contributed by atoms with Crippen LogP contribution in [0.1, 0.15) is 35.0 Å². The molecule has 0 unspecified atom stereocenters. The molecule has 0 spiro atoms. The van der Waals surface area contributed by atoms with Crippen LogP contribution in [-0.4, -0.2) is 72.9 Å². The van der Waals surface area contributed by atoms with Gasteiger partial charge in [0.2, 0.25) is 0 Å². The van der Waals surface area contributed by atoms with Gasteiger partial charge in [0.05, 0.1) is 11.3 Å². The second-order valence-corrected chi connectivity index (χ2v) is 8.42. The number of imidazole rings is 1. The standard InChI is InChI=1S/C25H35N5O/c1-6-22-24(28(4)16-10-13-20-11-8-7-9-12-20)30-19-21(14-15-23(30)26-22)25(31)29(5)18-17-27(2)3/h7-9,11-12,14-15,19H,6,10,13,16-18H2,1-5H3. The van der Waals surface area contributed by atoms with E-state index in [9.17, 15) is 4.79 Å². The van der Waals surface area contributed by atoms with E-state index in [4.69, 9.17) is 4.98 Å². The number of aryl methyl sites for hydroxylation is 2. The number of pyridine rings is 1. The van der Waals surface area contributed by atoms with Crippen molar-refractivity contribution in [1.29, 1.82) is 0 Å². The van der Waals surface area contributed by atoms with Crippen LogP contribution in [0.15, 0.2) is 48.7 Å². The van der Waals surface area contributed by atoms with Crippen LogP contribution in [0.3, 0.4) is 0 Å². The number of amides is 1. The number of rotatable bonds is 10. The van der Waals surface area contributed by atoms with Gasteiger partial charge in [0, 0.05) is 39.9 Å². The predicted octanol–water partition coefficient (Wildman–Crippen LogP) is 3.60. The second-order valence-electron chi connectivity index (χ2n) is 8.42. The smallest absolute Gasteiger partial charge is 0.255 e. The van der Waals surface area contributed by atoms with Crippen molar-refractivity contribution in [2.24, 2.45) is 0 Å². The highest BCUT2D eigenvalue weighted by Crippen LogP contribution is 2.24. The van der Waals surface area contributed by atoms with E-state index < -0.39 is 0 Å². The molecule has 2 heterocycles. The van der Waals surface area contributed by atoms with Crippen molar-refractivity contribution in [3.05, 3.63) is 65.5 Å². The zero-order valence-electron chi connectivity index (χ0n) is 19.5. The number of carbonyl (C=O) groups is 1. The zero-order valence-corrected chi connectivity index (χ0v) is 19.5. The number of carbonyl (C=O) groups excluding carboxylic acids is 1. The molecule has 0 fully saturated rings. The highest BCUT2D eigenvalue weighted by molar-refractivity contribution is 5.94. The highest BCUT2D eigenvalue weighted by atomic mass is 16.2. The molecule has 0 aliphatic carbocycles. The Bertz CT molecular complexity index is 996. The maximum atomic E-state index is 12.9. The molecule has 6 heteroatoms. The summed E-state index contributed by atoms with van der Waals surface area (Å²) in [7, 11) is 8.01. The fourth-order valence-corrected chi connectivity index (χ4v) is 3.79. The van der Waals surface area contributed by atoms with Crippen LogP contribution in [0.2, 0.25) is 0 Å². The van der Waals surface area contributed by atoms with Crippen molar-refractivity contribution < 1.29 is 4.79 Å². The number of fused-ring (bicyclic) bond motifs is 1.